The monoisotopic (exact) mass is 246 g/mol. The van der Waals surface area contributed by atoms with Crippen LogP contribution in [0.25, 0.3) is 0 Å². The van der Waals surface area contributed by atoms with Crippen molar-refractivity contribution in [2.45, 2.75) is 19.3 Å². The van der Waals surface area contributed by atoms with Gasteiger partial charge in [-0.15, -0.1) is 10.2 Å². The maximum Gasteiger partial charge on any atom is 0.238 e. The van der Waals surface area contributed by atoms with E-state index in [1.165, 1.54) is 24.0 Å². The first-order valence-electron chi connectivity index (χ1n) is 5.60. The summed E-state index contributed by atoms with van der Waals surface area (Å²) in [4.78, 5) is 0. The molecular weight excluding hydrogens is 236 g/mol. The average Bonchev–Trinajstić information content (AvgIpc) is 2.79. The summed E-state index contributed by atoms with van der Waals surface area (Å²) in [6.07, 6.45) is 3.55. The summed E-state index contributed by atoms with van der Waals surface area (Å²) in [5, 5.41) is 7.97. The quantitative estimate of drug-likeness (QED) is 0.815. The van der Waals surface area contributed by atoms with E-state index in [4.69, 9.17) is 16.3 Å². The van der Waals surface area contributed by atoms with Crippen molar-refractivity contribution in [3.05, 3.63) is 46.6 Å². The van der Waals surface area contributed by atoms with Gasteiger partial charge in [0.05, 0.1) is 0 Å². The molecule has 0 bridgehead atoms. The molecule has 0 spiro atoms. The van der Waals surface area contributed by atoms with Crippen LogP contribution in [0.5, 0.6) is 11.6 Å². The molecule has 0 fully saturated rings. The summed E-state index contributed by atoms with van der Waals surface area (Å²) in [7, 11) is 0. The van der Waals surface area contributed by atoms with Crippen molar-refractivity contribution in [3.63, 3.8) is 0 Å². The van der Waals surface area contributed by atoms with E-state index < -0.39 is 0 Å². The molecule has 3 rings (SSSR count). The maximum absolute atomic E-state index is 5.66. The first-order chi connectivity index (χ1) is 8.31. The smallest absolute Gasteiger partial charge is 0.238 e. The molecule has 17 heavy (non-hydrogen) atoms. The largest absolute Gasteiger partial charge is 0.438 e. The fraction of sp³-hybridized carbons (Fsp3) is 0.231. The number of halogens is 1. The second-order valence-corrected chi connectivity index (χ2v) is 4.47. The zero-order valence-corrected chi connectivity index (χ0v) is 9.94. The van der Waals surface area contributed by atoms with Crippen molar-refractivity contribution >= 4 is 11.6 Å². The lowest BCUT2D eigenvalue weighted by Crippen LogP contribution is -1.91. The third-order valence-electron chi connectivity index (χ3n) is 2.90. The summed E-state index contributed by atoms with van der Waals surface area (Å²) >= 11 is 5.66. The summed E-state index contributed by atoms with van der Waals surface area (Å²) in [6.45, 7) is 0. The lowest BCUT2D eigenvalue weighted by molar-refractivity contribution is 0.455. The van der Waals surface area contributed by atoms with Gasteiger partial charge in [0.25, 0.3) is 0 Å². The van der Waals surface area contributed by atoms with Gasteiger partial charge in [0.1, 0.15) is 5.75 Å². The molecule has 0 amide bonds. The lowest BCUT2D eigenvalue weighted by atomic mass is 10.1. The Hall–Kier alpha value is -1.61. The second-order valence-electron chi connectivity index (χ2n) is 4.08. The highest BCUT2D eigenvalue weighted by Gasteiger charge is 2.11. The Morgan fingerprint density at radius 2 is 1.88 bits per heavy atom. The molecule has 3 nitrogen and oxygen atoms in total. The first-order valence-corrected chi connectivity index (χ1v) is 5.98. The van der Waals surface area contributed by atoms with Crippen molar-refractivity contribution in [2.75, 3.05) is 0 Å². The predicted octanol–water partition coefficient (Wildman–Crippen LogP) is 3.41. The van der Waals surface area contributed by atoms with E-state index in [1.807, 2.05) is 6.07 Å². The molecule has 0 saturated carbocycles. The third-order valence-corrected chi connectivity index (χ3v) is 3.10. The van der Waals surface area contributed by atoms with Crippen LogP contribution in [0.15, 0.2) is 30.3 Å². The third kappa shape index (κ3) is 2.24. The van der Waals surface area contributed by atoms with E-state index in [0.29, 0.717) is 11.0 Å². The number of hydrogen-bond donors (Lipinski definition) is 0. The van der Waals surface area contributed by atoms with Crippen molar-refractivity contribution in [2.24, 2.45) is 0 Å². The lowest BCUT2D eigenvalue weighted by Gasteiger charge is -2.06. The van der Waals surface area contributed by atoms with Gasteiger partial charge < -0.3 is 4.74 Å². The minimum absolute atomic E-state index is 0.367. The molecular formula is C13H11ClN2O. The Labute approximate surface area is 104 Å². The first kappa shape index (κ1) is 10.5. The van der Waals surface area contributed by atoms with Crippen LogP contribution in [0.4, 0.5) is 0 Å². The van der Waals surface area contributed by atoms with Gasteiger partial charge in [-0.2, -0.15) is 0 Å². The molecule has 1 aliphatic rings. The van der Waals surface area contributed by atoms with Gasteiger partial charge in [-0.3, -0.25) is 0 Å². The van der Waals surface area contributed by atoms with Crippen LogP contribution in [-0.2, 0) is 12.8 Å². The standard InChI is InChI=1S/C13H11ClN2O/c14-12-6-7-13(16-15-12)17-11-5-4-9-2-1-3-10(9)8-11/h4-8H,1-3H2. The predicted molar refractivity (Wildman–Crippen MR) is 65.6 cm³/mol. The zero-order valence-electron chi connectivity index (χ0n) is 9.19. The molecule has 1 heterocycles. The normalized spacial score (nSPS) is 13.5. The van der Waals surface area contributed by atoms with E-state index >= 15 is 0 Å². The Morgan fingerprint density at radius 3 is 2.71 bits per heavy atom. The number of aromatic nitrogens is 2. The zero-order chi connectivity index (χ0) is 11.7. The molecule has 0 atom stereocenters. The van der Waals surface area contributed by atoms with E-state index in [9.17, 15) is 0 Å². The van der Waals surface area contributed by atoms with E-state index in [2.05, 4.69) is 22.3 Å². The summed E-state index contributed by atoms with van der Waals surface area (Å²) in [5.74, 6) is 1.27. The molecule has 0 aliphatic heterocycles. The van der Waals surface area contributed by atoms with Crippen LogP contribution in [0.3, 0.4) is 0 Å². The fourth-order valence-electron chi connectivity index (χ4n) is 2.09. The minimum atomic E-state index is 0.367. The van der Waals surface area contributed by atoms with Gasteiger partial charge in [-0.1, -0.05) is 17.7 Å². The summed E-state index contributed by atoms with van der Waals surface area (Å²) < 4.78 is 5.63. The number of ether oxygens (including phenoxy) is 1. The Morgan fingerprint density at radius 1 is 1.00 bits per heavy atom. The number of nitrogens with zero attached hydrogens (tertiary/aromatic N) is 2. The molecule has 1 aromatic carbocycles. The minimum Gasteiger partial charge on any atom is -0.438 e. The van der Waals surface area contributed by atoms with Gasteiger partial charge in [0.2, 0.25) is 5.88 Å². The van der Waals surface area contributed by atoms with Crippen molar-refractivity contribution in [1.29, 1.82) is 0 Å². The Bertz CT molecular complexity index is 540. The maximum atomic E-state index is 5.66. The highest BCUT2D eigenvalue weighted by Crippen LogP contribution is 2.28. The van der Waals surface area contributed by atoms with Gasteiger partial charge in [0.15, 0.2) is 5.15 Å². The molecule has 0 N–H and O–H groups in total. The highest BCUT2D eigenvalue weighted by atomic mass is 35.5. The van der Waals surface area contributed by atoms with Crippen LogP contribution in [-0.4, -0.2) is 10.2 Å². The van der Waals surface area contributed by atoms with Gasteiger partial charge in [-0.05, 0) is 48.6 Å². The van der Waals surface area contributed by atoms with Crippen molar-refractivity contribution in [1.82, 2.24) is 10.2 Å². The van der Waals surface area contributed by atoms with Crippen LogP contribution in [0, 0.1) is 0 Å². The second kappa shape index (κ2) is 4.34. The van der Waals surface area contributed by atoms with Gasteiger partial charge >= 0.3 is 0 Å². The number of hydrogen-bond acceptors (Lipinski definition) is 3. The van der Waals surface area contributed by atoms with Crippen LogP contribution < -0.4 is 4.74 Å². The Balaban J connectivity index is 1.83. The molecule has 1 aliphatic carbocycles. The van der Waals surface area contributed by atoms with Crippen molar-refractivity contribution in [3.8, 4) is 11.6 Å². The summed E-state index contributed by atoms with van der Waals surface area (Å²) in [6, 6.07) is 9.56. The summed E-state index contributed by atoms with van der Waals surface area (Å²) in [5.41, 5.74) is 2.81. The van der Waals surface area contributed by atoms with Crippen molar-refractivity contribution < 1.29 is 4.74 Å². The van der Waals surface area contributed by atoms with Crippen LogP contribution >= 0.6 is 11.6 Å². The number of benzene rings is 1. The van der Waals surface area contributed by atoms with Crippen LogP contribution in [0.1, 0.15) is 17.5 Å². The van der Waals surface area contributed by atoms with E-state index in [-0.39, 0.29) is 0 Å². The average molecular weight is 247 g/mol. The fourth-order valence-corrected chi connectivity index (χ4v) is 2.19. The number of rotatable bonds is 2. The molecule has 1 aromatic heterocycles. The number of fused-ring (bicyclic) bond motifs is 1. The van der Waals surface area contributed by atoms with E-state index in [0.717, 1.165) is 12.2 Å². The number of aryl methyl sites for hydroxylation is 2. The van der Waals surface area contributed by atoms with Crippen LogP contribution in [0.2, 0.25) is 5.15 Å². The van der Waals surface area contributed by atoms with E-state index in [1.54, 1.807) is 12.1 Å². The molecule has 2 aromatic rings. The highest BCUT2D eigenvalue weighted by molar-refractivity contribution is 6.29. The SMILES string of the molecule is Clc1ccc(Oc2ccc3c(c2)CCC3)nn1. The molecule has 0 radical (unpaired) electrons. The molecule has 0 saturated heterocycles. The molecule has 86 valence electrons. The molecule has 4 heteroatoms. The molecule has 0 unspecified atom stereocenters. The van der Waals surface area contributed by atoms with Gasteiger partial charge in [-0.25, -0.2) is 0 Å². The van der Waals surface area contributed by atoms with Gasteiger partial charge in [0, 0.05) is 6.07 Å². The topological polar surface area (TPSA) is 35.0 Å². The Kier molecular flexibility index (Phi) is 2.69.